The fraction of sp³-hybridized carbons (Fsp3) is 0.875. The molecule has 0 radical (unpaired) electrons. The van der Waals surface area contributed by atoms with E-state index in [9.17, 15) is 0 Å². The monoisotopic (exact) mass is 261 g/mol. The molecule has 0 bridgehead atoms. The minimum absolute atomic E-state index is 0.0964. The van der Waals surface area contributed by atoms with Crippen LogP contribution in [0.25, 0.3) is 0 Å². The van der Waals surface area contributed by atoms with E-state index in [1.54, 1.807) is 7.05 Å². The Morgan fingerprint density at radius 2 is 2.14 bits per heavy atom. The van der Waals surface area contributed by atoms with Gasteiger partial charge in [-0.25, -0.2) is 0 Å². The molecule has 0 aliphatic rings. The molecule has 0 fully saturated rings. The van der Waals surface area contributed by atoms with Gasteiger partial charge in [-0.2, -0.15) is 4.80 Å². The van der Waals surface area contributed by atoms with Gasteiger partial charge in [0.15, 0.2) is 5.82 Å². The van der Waals surface area contributed by atoms with Gasteiger partial charge in [0.25, 0.3) is 0 Å². The van der Waals surface area contributed by atoms with E-state index in [-0.39, 0.29) is 5.54 Å². The molecule has 14 heavy (non-hydrogen) atoms. The molecule has 0 saturated heterocycles. The summed E-state index contributed by atoms with van der Waals surface area (Å²) >= 11 is 3.49. The number of hydrogen-bond donors (Lipinski definition) is 0. The molecule has 0 saturated carbocycles. The molecule has 0 amide bonds. The molecule has 0 spiro atoms. The average Bonchev–Trinajstić information content (AvgIpc) is 2.51. The maximum atomic E-state index is 4.14. The highest BCUT2D eigenvalue weighted by atomic mass is 79.9. The van der Waals surface area contributed by atoms with Crippen molar-refractivity contribution >= 4 is 15.9 Å². The first-order valence-electron chi connectivity index (χ1n) is 4.46. The lowest BCUT2D eigenvalue weighted by Crippen LogP contribution is -2.42. The largest absolute Gasteiger partial charge is 0.293 e. The van der Waals surface area contributed by atoms with E-state index in [0.29, 0.717) is 6.54 Å². The van der Waals surface area contributed by atoms with Crippen molar-refractivity contribution in [3.05, 3.63) is 5.82 Å². The van der Waals surface area contributed by atoms with Gasteiger partial charge in [-0.3, -0.25) is 4.90 Å². The van der Waals surface area contributed by atoms with Gasteiger partial charge < -0.3 is 0 Å². The highest BCUT2D eigenvalue weighted by Crippen LogP contribution is 2.16. The van der Waals surface area contributed by atoms with Crippen molar-refractivity contribution in [2.24, 2.45) is 7.05 Å². The summed E-state index contributed by atoms with van der Waals surface area (Å²) in [7, 11) is 3.82. The van der Waals surface area contributed by atoms with E-state index >= 15 is 0 Å². The lowest BCUT2D eigenvalue weighted by molar-refractivity contribution is 0.169. The van der Waals surface area contributed by atoms with E-state index in [1.165, 1.54) is 4.80 Å². The quantitative estimate of drug-likeness (QED) is 0.753. The topological polar surface area (TPSA) is 46.8 Å². The zero-order valence-electron chi connectivity index (χ0n) is 9.03. The van der Waals surface area contributed by atoms with Crippen molar-refractivity contribution in [3.63, 3.8) is 0 Å². The van der Waals surface area contributed by atoms with Crippen LogP contribution >= 0.6 is 15.9 Å². The molecular formula is C8H16BrN5. The highest BCUT2D eigenvalue weighted by molar-refractivity contribution is 9.09. The number of rotatable bonds is 4. The number of alkyl halides is 1. The Morgan fingerprint density at radius 3 is 2.57 bits per heavy atom. The molecule has 5 nitrogen and oxygen atoms in total. The normalized spacial score (nSPS) is 12.4. The molecule has 0 aliphatic heterocycles. The van der Waals surface area contributed by atoms with Crippen molar-refractivity contribution in [1.82, 2.24) is 25.1 Å². The third-order valence-electron chi connectivity index (χ3n) is 2.29. The molecule has 1 rings (SSSR count). The lowest BCUT2D eigenvalue weighted by Gasteiger charge is -2.32. The van der Waals surface area contributed by atoms with Crippen LogP contribution in [0.1, 0.15) is 19.7 Å². The average molecular weight is 262 g/mol. The summed E-state index contributed by atoms with van der Waals surface area (Å²) < 4.78 is 0. The molecule has 0 aliphatic carbocycles. The number of tetrazole rings is 1. The first-order chi connectivity index (χ1) is 6.45. The van der Waals surface area contributed by atoms with Gasteiger partial charge in [0.1, 0.15) is 0 Å². The summed E-state index contributed by atoms with van der Waals surface area (Å²) in [6.45, 7) is 5.04. The molecule has 1 aromatic heterocycles. The van der Waals surface area contributed by atoms with Crippen molar-refractivity contribution in [3.8, 4) is 0 Å². The lowest BCUT2D eigenvalue weighted by atomic mass is 10.1. The van der Waals surface area contributed by atoms with Crippen LogP contribution in [0.5, 0.6) is 0 Å². The molecular weight excluding hydrogens is 246 g/mol. The first kappa shape index (κ1) is 11.6. The zero-order chi connectivity index (χ0) is 10.8. The van der Waals surface area contributed by atoms with Crippen LogP contribution in [-0.2, 0) is 13.6 Å². The minimum Gasteiger partial charge on any atom is -0.293 e. The van der Waals surface area contributed by atoms with Crippen LogP contribution in [0.3, 0.4) is 0 Å². The van der Waals surface area contributed by atoms with Crippen molar-refractivity contribution in [2.75, 3.05) is 12.4 Å². The number of aryl methyl sites for hydroxylation is 1. The number of nitrogens with zero attached hydrogens (tertiary/aromatic N) is 5. The Morgan fingerprint density at radius 1 is 1.50 bits per heavy atom. The number of hydrogen-bond acceptors (Lipinski definition) is 4. The predicted molar refractivity (Wildman–Crippen MR) is 58.1 cm³/mol. The molecule has 1 heterocycles. The van der Waals surface area contributed by atoms with Crippen LogP contribution in [0.2, 0.25) is 0 Å². The van der Waals surface area contributed by atoms with Crippen LogP contribution in [0.15, 0.2) is 0 Å². The van der Waals surface area contributed by atoms with Gasteiger partial charge in [0, 0.05) is 10.9 Å². The maximum absolute atomic E-state index is 4.14. The summed E-state index contributed by atoms with van der Waals surface area (Å²) in [5.74, 6) is 0.754. The van der Waals surface area contributed by atoms with Gasteiger partial charge in [-0.05, 0) is 26.1 Å². The van der Waals surface area contributed by atoms with Crippen LogP contribution in [0, 0.1) is 0 Å². The summed E-state index contributed by atoms with van der Waals surface area (Å²) in [4.78, 5) is 3.67. The summed E-state index contributed by atoms with van der Waals surface area (Å²) in [5.41, 5.74) is 0.0964. The van der Waals surface area contributed by atoms with Crippen molar-refractivity contribution < 1.29 is 0 Å². The van der Waals surface area contributed by atoms with Crippen molar-refractivity contribution in [2.45, 2.75) is 25.9 Å². The first-order valence-corrected chi connectivity index (χ1v) is 5.58. The minimum atomic E-state index is 0.0964. The van der Waals surface area contributed by atoms with Gasteiger partial charge in [-0.1, -0.05) is 15.9 Å². The summed E-state index contributed by atoms with van der Waals surface area (Å²) in [6.07, 6.45) is 0. The highest BCUT2D eigenvalue weighted by Gasteiger charge is 2.23. The third kappa shape index (κ3) is 2.75. The molecule has 0 aromatic carbocycles. The second-order valence-corrected chi connectivity index (χ2v) is 4.56. The van der Waals surface area contributed by atoms with E-state index in [4.69, 9.17) is 0 Å². The van der Waals surface area contributed by atoms with E-state index in [1.807, 2.05) is 0 Å². The third-order valence-corrected chi connectivity index (χ3v) is 3.66. The Kier molecular flexibility index (Phi) is 3.60. The van der Waals surface area contributed by atoms with E-state index in [2.05, 4.69) is 57.1 Å². The summed E-state index contributed by atoms with van der Waals surface area (Å²) in [5, 5.41) is 12.8. The smallest absolute Gasteiger partial charge is 0.188 e. The molecule has 0 unspecified atom stereocenters. The van der Waals surface area contributed by atoms with Crippen LogP contribution in [-0.4, -0.2) is 43.0 Å². The Bertz CT molecular complexity index is 296. The van der Waals surface area contributed by atoms with Crippen molar-refractivity contribution in [1.29, 1.82) is 0 Å². The van der Waals surface area contributed by atoms with Gasteiger partial charge >= 0.3 is 0 Å². The molecule has 0 N–H and O–H groups in total. The number of aromatic nitrogens is 4. The molecule has 80 valence electrons. The second kappa shape index (κ2) is 4.35. The van der Waals surface area contributed by atoms with Gasteiger partial charge in [-0.15, -0.1) is 10.2 Å². The van der Waals surface area contributed by atoms with Crippen LogP contribution < -0.4 is 0 Å². The van der Waals surface area contributed by atoms with E-state index in [0.717, 1.165) is 11.2 Å². The zero-order valence-corrected chi connectivity index (χ0v) is 10.6. The standard InChI is InChI=1S/C8H16BrN5/c1-8(2,6-9)13(3)5-7-10-12-14(4)11-7/h5-6H2,1-4H3. The summed E-state index contributed by atoms with van der Waals surface area (Å²) in [6, 6.07) is 0. The van der Waals surface area contributed by atoms with E-state index < -0.39 is 0 Å². The Labute approximate surface area is 92.6 Å². The van der Waals surface area contributed by atoms with Crippen LogP contribution in [0.4, 0.5) is 0 Å². The van der Waals surface area contributed by atoms with Gasteiger partial charge in [0.2, 0.25) is 0 Å². The fourth-order valence-corrected chi connectivity index (χ4v) is 1.34. The fourth-order valence-electron chi connectivity index (χ4n) is 0.915. The van der Waals surface area contributed by atoms with Gasteiger partial charge in [0.05, 0.1) is 13.6 Å². The maximum Gasteiger partial charge on any atom is 0.188 e. The Hall–Kier alpha value is -0.490. The number of halogens is 1. The second-order valence-electron chi connectivity index (χ2n) is 4.00. The molecule has 1 aromatic rings. The molecule has 6 heteroatoms. The predicted octanol–water partition coefficient (Wildman–Crippen LogP) is 0.815. The molecule has 0 atom stereocenters. The SMILES string of the molecule is CN(Cc1nnn(C)n1)C(C)(C)CBr. The Balaban J connectivity index is 2.61.